The molecule has 0 radical (unpaired) electrons. The average Bonchev–Trinajstić information content (AvgIpc) is 1.83. The third-order valence-electron chi connectivity index (χ3n) is 2.11. The monoisotopic (exact) mass is 173 g/mol. The van der Waals surface area contributed by atoms with Crippen LogP contribution in [0.4, 0.5) is 8.78 Å². The first-order valence-corrected chi connectivity index (χ1v) is 4.03. The van der Waals surface area contributed by atoms with Crippen molar-refractivity contribution in [2.45, 2.75) is 18.8 Å². The average molecular weight is 173 g/mol. The minimum Gasteiger partial charge on any atom is -0.295 e. The van der Waals surface area contributed by atoms with E-state index in [1.54, 1.807) is 0 Å². The van der Waals surface area contributed by atoms with E-state index >= 15 is 0 Å². The van der Waals surface area contributed by atoms with Gasteiger partial charge in [0.1, 0.15) is 0 Å². The molecule has 0 N–H and O–H groups in total. The van der Waals surface area contributed by atoms with Gasteiger partial charge < -0.3 is 0 Å². The van der Waals surface area contributed by atoms with Crippen LogP contribution in [0, 0.1) is 18.3 Å². The highest BCUT2D eigenvalue weighted by Gasteiger charge is 2.45. The number of hydrogen-bond acceptors (Lipinski definition) is 1. The van der Waals surface area contributed by atoms with Gasteiger partial charge in [0.2, 0.25) is 5.92 Å². The van der Waals surface area contributed by atoms with Gasteiger partial charge in [-0.1, -0.05) is 5.92 Å². The van der Waals surface area contributed by atoms with Gasteiger partial charge in [0.25, 0.3) is 0 Å². The molecule has 1 aliphatic rings. The van der Waals surface area contributed by atoms with Crippen molar-refractivity contribution in [3.05, 3.63) is 0 Å². The maximum absolute atomic E-state index is 12.4. The van der Waals surface area contributed by atoms with Gasteiger partial charge in [0.15, 0.2) is 0 Å². The molecular weight excluding hydrogens is 160 g/mol. The van der Waals surface area contributed by atoms with Crippen LogP contribution in [0.1, 0.15) is 12.8 Å². The third-order valence-corrected chi connectivity index (χ3v) is 2.11. The molecule has 0 aromatic carbocycles. The summed E-state index contributed by atoms with van der Waals surface area (Å²) in [6.45, 7) is 1.24. The van der Waals surface area contributed by atoms with Crippen molar-refractivity contribution in [2.24, 2.45) is 5.92 Å². The van der Waals surface area contributed by atoms with Crippen LogP contribution < -0.4 is 0 Å². The van der Waals surface area contributed by atoms with E-state index in [-0.39, 0.29) is 18.8 Å². The molecule has 0 unspecified atom stereocenters. The molecule has 0 heterocycles. The first-order chi connectivity index (χ1) is 5.53. The van der Waals surface area contributed by atoms with Gasteiger partial charge in [0.05, 0.1) is 6.54 Å². The minimum atomic E-state index is -2.40. The molecule has 0 aromatic heterocycles. The van der Waals surface area contributed by atoms with Crippen LogP contribution in [0.15, 0.2) is 0 Å². The number of terminal acetylenes is 1. The molecule has 0 aliphatic heterocycles. The van der Waals surface area contributed by atoms with Gasteiger partial charge in [-0.05, 0) is 13.0 Å². The second kappa shape index (κ2) is 3.40. The van der Waals surface area contributed by atoms with Gasteiger partial charge in [-0.25, -0.2) is 8.78 Å². The van der Waals surface area contributed by atoms with Crippen LogP contribution in [0.5, 0.6) is 0 Å². The summed E-state index contributed by atoms with van der Waals surface area (Å²) in [5.41, 5.74) is 0. The largest absolute Gasteiger partial charge is 0.295 e. The number of alkyl halides is 2. The number of rotatable bonds is 3. The van der Waals surface area contributed by atoms with E-state index in [1.807, 2.05) is 11.9 Å². The maximum Gasteiger partial charge on any atom is 0.248 e. The molecule has 0 aromatic rings. The highest BCUT2D eigenvalue weighted by Crippen LogP contribution is 2.42. The molecule has 68 valence electrons. The van der Waals surface area contributed by atoms with E-state index in [2.05, 4.69) is 5.92 Å². The fourth-order valence-corrected chi connectivity index (χ4v) is 1.58. The molecule has 1 saturated carbocycles. The Morgan fingerprint density at radius 1 is 1.58 bits per heavy atom. The predicted molar refractivity (Wildman–Crippen MR) is 44.0 cm³/mol. The quantitative estimate of drug-likeness (QED) is 0.586. The second-order valence-corrected chi connectivity index (χ2v) is 3.53. The Hall–Kier alpha value is -0.620. The van der Waals surface area contributed by atoms with Gasteiger partial charge in [0, 0.05) is 19.4 Å². The molecule has 0 bridgehead atoms. The molecule has 0 saturated heterocycles. The first-order valence-electron chi connectivity index (χ1n) is 4.03. The van der Waals surface area contributed by atoms with Crippen LogP contribution in [-0.4, -0.2) is 31.0 Å². The fourth-order valence-electron chi connectivity index (χ4n) is 1.58. The van der Waals surface area contributed by atoms with E-state index in [1.165, 1.54) is 0 Å². The normalized spacial score (nSPS) is 21.9. The molecule has 1 fully saturated rings. The van der Waals surface area contributed by atoms with Gasteiger partial charge >= 0.3 is 0 Å². The second-order valence-electron chi connectivity index (χ2n) is 3.53. The van der Waals surface area contributed by atoms with Crippen molar-refractivity contribution in [1.29, 1.82) is 0 Å². The van der Waals surface area contributed by atoms with E-state index in [0.29, 0.717) is 13.1 Å². The summed E-state index contributed by atoms with van der Waals surface area (Å²) in [6, 6.07) is 0. The predicted octanol–water partition coefficient (Wildman–Crippen LogP) is 1.60. The molecule has 3 heteroatoms. The molecule has 0 spiro atoms. The number of hydrogen-bond donors (Lipinski definition) is 0. The summed E-state index contributed by atoms with van der Waals surface area (Å²) in [7, 11) is 1.86. The molecule has 0 amide bonds. The van der Waals surface area contributed by atoms with Crippen LogP contribution in [-0.2, 0) is 0 Å². The molecule has 1 nitrogen and oxygen atoms in total. The Morgan fingerprint density at radius 3 is 2.58 bits per heavy atom. The summed E-state index contributed by atoms with van der Waals surface area (Å²) in [5.74, 6) is 0.216. The standard InChI is InChI=1S/C9H13F2N/c1-3-4-12(2)7-8-5-9(10,11)6-8/h1,8H,4-7H2,2H3. The van der Waals surface area contributed by atoms with Gasteiger partial charge in [-0.2, -0.15) is 0 Å². The summed E-state index contributed by atoms with van der Waals surface area (Å²) in [5, 5.41) is 0. The van der Waals surface area contributed by atoms with E-state index in [0.717, 1.165) is 0 Å². The zero-order valence-electron chi connectivity index (χ0n) is 7.19. The van der Waals surface area contributed by atoms with Crippen LogP contribution in [0.3, 0.4) is 0 Å². The van der Waals surface area contributed by atoms with Crippen LogP contribution in [0.25, 0.3) is 0 Å². The molecule has 0 atom stereocenters. The van der Waals surface area contributed by atoms with E-state index in [9.17, 15) is 8.78 Å². The first kappa shape index (κ1) is 9.47. The number of halogens is 2. The lowest BCUT2D eigenvalue weighted by Crippen LogP contribution is -2.41. The Balaban J connectivity index is 2.15. The summed E-state index contributed by atoms with van der Waals surface area (Å²) >= 11 is 0. The Bertz CT molecular complexity index is 187. The van der Waals surface area contributed by atoms with Gasteiger partial charge in [-0.3, -0.25) is 4.90 Å². The Morgan fingerprint density at radius 2 is 2.17 bits per heavy atom. The van der Waals surface area contributed by atoms with Gasteiger partial charge in [-0.15, -0.1) is 6.42 Å². The van der Waals surface area contributed by atoms with Crippen molar-refractivity contribution in [3.8, 4) is 12.3 Å². The van der Waals surface area contributed by atoms with Crippen molar-refractivity contribution < 1.29 is 8.78 Å². The molecule has 1 aliphatic carbocycles. The smallest absolute Gasteiger partial charge is 0.248 e. The van der Waals surface area contributed by atoms with E-state index in [4.69, 9.17) is 6.42 Å². The van der Waals surface area contributed by atoms with Crippen molar-refractivity contribution in [3.63, 3.8) is 0 Å². The van der Waals surface area contributed by atoms with Crippen LogP contribution >= 0.6 is 0 Å². The third kappa shape index (κ3) is 2.46. The van der Waals surface area contributed by atoms with Crippen molar-refractivity contribution >= 4 is 0 Å². The highest BCUT2D eigenvalue weighted by molar-refractivity contribution is 4.91. The Kier molecular flexibility index (Phi) is 2.69. The van der Waals surface area contributed by atoms with Crippen molar-refractivity contribution in [1.82, 2.24) is 4.90 Å². The fraction of sp³-hybridized carbons (Fsp3) is 0.778. The zero-order valence-corrected chi connectivity index (χ0v) is 7.19. The Labute approximate surface area is 71.7 Å². The minimum absolute atomic E-state index is 0.0297. The maximum atomic E-state index is 12.4. The summed E-state index contributed by atoms with van der Waals surface area (Å²) in [4.78, 5) is 1.90. The van der Waals surface area contributed by atoms with Crippen molar-refractivity contribution in [2.75, 3.05) is 20.1 Å². The van der Waals surface area contributed by atoms with Crippen LogP contribution in [0.2, 0.25) is 0 Å². The lowest BCUT2D eigenvalue weighted by Gasteiger charge is -2.36. The molecule has 12 heavy (non-hydrogen) atoms. The summed E-state index contributed by atoms with van der Waals surface area (Å²) < 4.78 is 24.7. The highest BCUT2D eigenvalue weighted by atomic mass is 19.3. The lowest BCUT2D eigenvalue weighted by molar-refractivity contribution is -0.114. The lowest BCUT2D eigenvalue weighted by atomic mass is 9.81. The summed E-state index contributed by atoms with van der Waals surface area (Å²) in [6.07, 6.45) is 5.14. The number of nitrogens with zero attached hydrogens (tertiary/aromatic N) is 1. The molecular formula is C9H13F2N. The SMILES string of the molecule is C#CCN(C)CC1CC(F)(F)C1. The topological polar surface area (TPSA) is 3.24 Å². The van der Waals surface area contributed by atoms with E-state index < -0.39 is 5.92 Å². The molecule has 1 rings (SSSR count). The zero-order chi connectivity index (χ0) is 9.19.